The highest BCUT2D eigenvalue weighted by molar-refractivity contribution is 5.34. The summed E-state index contributed by atoms with van der Waals surface area (Å²) >= 11 is 0. The summed E-state index contributed by atoms with van der Waals surface area (Å²) in [6.45, 7) is 4.91. The topological polar surface area (TPSA) is 44.3 Å². The van der Waals surface area contributed by atoms with Crippen molar-refractivity contribution in [3.63, 3.8) is 0 Å². The summed E-state index contributed by atoms with van der Waals surface area (Å²) in [5.41, 5.74) is 2.06. The number of hydrogen-bond acceptors (Lipinski definition) is 3. The fraction of sp³-hybridized carbons (Fsp3) is 0.600. The van der Waals surface area contributed by atoms with Gasteiger partial charge in [-0.2, -0.15) is 0 Å². The van der Waals surface area contributed by atoms with Gasteiger partial charge in [0.05, 0.1) is 11.6 Å². The Kier molecular flexibility index (Phi) is 3.14. The number of hydrogen-bond donors (Lipinski definition) is 3. The van der Waals surface area contributed by atoms with Crippen molar-refractivity contribution < 1.29 is 5.11 Å². The summed E-state index contributed by atoms with van der Waals surface area (Å²) in [6.07, 6.45) is 1.88. The van der Waals surface area contributed by atoms with Gasteiger partial charge in [-0.15, -0.1) is 0 Å². The normalized spacial score (nSPS) is 36.1. The molecule has 0 spiro atoms. The highest BCUT2D eigenvalue weighted by Crippen LogP contribution is 2.39. The largest absolute Gasteiger partial charge is 0.388 e. The van der Waals surface area contributed by atoms with E-state index in [1.54, 1.807) is 0 Å². The van der Waals surface area contributed by atoms with Crippen LogP contribution < -0.4 is 10.6 Å². The minimum absolute atomic E-state index is 0.0829. The third-order valence-electron chi connectivity index (χ3n) is 4.61. The zero-order chi connectivity index (χ0) is 12.6. The Balaban J connectivity index is 1.97. The summed E-state index contributed by atoms with van der Waals surface area (Å²) in [5, 5.41) is 18.0. The molecule has 0 aromatic heterocycles. The summed E-state index contributed by atoms with van der Waals surface area (Å²) in [7, 11) is 0. The highest BCUT2D eigenvalue weighted by atomic mass is 16.3. The van der Waals surface area contributed by atoms with E-state index in [2.05, 4.69) is 41.8 Å². The summed E-state index contributed by atoms with van der Waals surface area (Å²) in [5.74, 6) is 0.273. The predicted molar refractivity (Wildman–Crippen MR) is 72.5 cm³/mol. The van der Waals surface area contributed by atoms with Crippen molar-refractivity contribution in [1.82, 2.24) is 10.6 Å². The average Bonchev–Trinajstić information content (AvgIpc) is 2.41. The van der Waals surface area contributed by atoms with Crippen LogP contribution in [0.1, 0.15) is 30.5 Å². The minimum Gasteiger partial charge on any atom is -0.388 e. The number of rotatable bonds is 1. The first-order valence-corrected chi connectivity index (χ1v) is 6.96. The molecule has 0 saturated carbocycles. The fourth-order valence-electron chi connectivity index (χ4n) is 3.41. The van der Waals surface area contributed by atoms with E-state index in [0.29, 0.717) is 0 Å². The van der Waals surface area contributed by atoms with E-state index in [1.807, 2.05) is 0 Å². The molecule has 0 bridgehead atoms. The van der Waals surface area contributed by atoms with Gasteiger partial charge in [-0.05, 0) is 43.0 Å². The Morgan fingerprint density at radius 2 is 2.11 bits per heavy atom. The molecule has 3 atom stereocenters. The summed E-state index contributed by atoms with van der Waals surface area (Å²) in [6, 6.07) is 8.61. The van der Waals surface area contributed by atoms with Crippen molar-refractivity contribution in [1.29, 1.82) is 0 Å². The molecule has 2 heterocycles. The van der Waals surface area contributed by atoms with E-state index in [0.717, 1.165) is 32.5 Å². The molecule has 3 unspecified atom stereocenters. The first-order chi connectivity index (χ1) is 8.72. The molecule has 1 fully saturated rings. The lowest BCUT2D eigenvalue weighted by Gasteiger charge is -2.46. The molecule has 3 rings (SSSR count). The molecule has 0 aliphatic carbocycles. The zero-order valence-electron chi connectivity index (χ0n) is 10.9. The lowest BCUT2D eigenvalue weighted by atomic mass is 9.72. The molecule has 1 aromatic rings. The summed E-state index contributed by atoms with van der Waals surface area (Å²) < 4.78 is 0. The molecule has 3 N–H and O–H groups in total. The van der Waals surface area contributed by atoms with Crippen LogP contribution in [-0.4, -0.2) is 30.3 Å². The minimum atomic E-state index is -0.623. The van der Waals surface area contributed by atoms with Crippen LogP contribution in [0.15, 0.2) is 24.3 Å². The van der Waals surface area contributed by atoms with Gasteiger partial charge in [0.15, 0.2) is 0 Å². The van der Waals surface area contributed by atoms with Gasteiger partial charge in [-0.1, -0.05) is 31.2 Å². The Hall–Kier alpha value is -0.900. The maximum Gasteiger partial charge on any atom is 0.0891 e. The Bertz CT molecular complexity index is 434. The first kappa shape index (κ1) is 12.2. The zero-order valence-corrected chi connectivity index (χ0v) is 10.9. The lowest BCUT2D eigenvalue weighted by Crippen LogP contribution is -2.57. The first-order valence-electron chi connectivity index (χ1n) is 6.96. The SMILES string of the molecule is CC1CNCCC1(O)C1NCCc2ccccc21. The molecule has 1 aromatic carbocycles. The number of aliphatic hydroxyl groups is 1. The molecule has 0 amide bonds. The van der Waals surface area contributed by atoms with Crippen molar-refractivity contribution in [2.75, 3.05) is 19.6 Å². The van der Waals surface area contributed by atoms with Crippen LogP contribution in [0.2, 0.25) is 0 Å². The molecule has 2 aliphatic rings. The quantitative estimate of drug-likeness (QED) is 0.698. The van der Waals surface area contributed by atoms with Gasteiger partial charge in [0.2, 0.25) is 0 Å². The predicted octanol–water partition coefficient (Wildman–Crippen LogP) is 1.23. The van der Waals surface area contributed by atoms with Crippen LogP contribution in [0.25, 0.3) is 0 Å². The number of nitrogens with one attached hydrogen (secondary N) is 2. The Morgan fingerprint density at radius 3 is 2.94 bits per heavy atom. The Morgan fingerprint density at radius 1 is 1.28 bits per heavy atom. The van der Waals surface area contributed by atoms with Gasteiger partial charge >= 0.3 is 0 Å². The number of piperidine rings is 1. The standard InChI is InChI=1S/C15H22N2O/c1-11-10-16-9-7-15(11,18)14-13-5-3-2-4-12(13)6-8-17-14/h2-5,11,14,16-18H,6-10H2,1H3. The molecule has 0 radical (unpaired) electrons. The van der Waals surface area contributed by atoms with E-state index in [9.17, 15) is 5.11 Å². The van der Waals surface area contributed by atoms with Crippen LogP contribution in [0.4, 0.5) is 0 Å². The van der Waals surface area contributed by atoms with Crippen LogP contribution in [-0.2, 0) is 6.42 Å². The van der Waals surface area contributed by atoms with Crippen molar-refractivity contribution in [3.8, 4) is 0 Å². The van der Waals surface area contributed by atoms with E-state index in [-0.39, 0.29) is 12.0 Å². The molecule has 1 saturated heterocycles. The summed E-state index contributed by atoms with van der Waals surface area (Å²) in [4.78, 5) is 0. The maximum absolute atomic E-state index is 11.1. The second kappa shape index (κ2) is 4.65. The second-order valence-electron chi connectivity index (χ2n) is 5.68. The fourth-order valence-corrected chi connectivity index (χ4v) is 3.41. The van der Waals surface area contributed by atoms with Crippen molar-refractivity contribution >= 4 is 0 Å². The van der Waals surface area contributed by atoms with Gasteiger partial charge < -0.3 is 15.7 Å². The van der Waals surface area contributed by atoms with Gasteiger partial charge in [-0.3, -0.25) is 0 Å². The lowest BCUT2D eigenvalue weighted by molar-refractivity contribution is -0.0672. The van der Waals surface area contributed by atoms with Gasteiger partial charge in [0.1, 0.15) is 0 Å². The molecule has 3 heteroatoms. The monoisotopic (exact) mass is 246 g/mol. The maximum atomic E-state index is 11.1. The molecule has 18 heavy (non-hydrogen) atoms. The highest BCUT2D eigenvalue weighted by Gasteiger charge is 2.45. The van der Waals surface area contributed by atoms with Gasteiger partial charge in [-0.25, -0.2) is 0 Å². The molecular formula is C15H22N2O. The third kappa shape index (κ3) is 1.87. The smallest absolute Gasteiger partial charge is 0.0891 e. The van der Waals surface area contributed by atoms with E-state index < -0.39 is 5.60 Å². The van der Waals surface area contributed by atoms with Crippen LogP contribution >= 0.6 is 0 Å². The van der Waals surface area contributed by atoms with Crippen molar-refractivity contribution in [3.05, 3.63) is 35.4 Å². The molecule has 3 nitrogen and oxygen atoms in total. The van der Waals surface area contributed by atoms with E-state index in [1.165, 1.54) is 11.1 Å². The van der Waals surface area contributed by atoms with E-state index in [4.69, 9.17) is 0 Å². The number of fused-ring (bicyclic) bond motifs is 1. The molecular weight excluding hydrogens is 224 g/mol. The van der Waals surface area contributed by atoms with Crippen molar-refractivity contribution in [2.45, 2.75) is 31.4 Å². The third-order valence-corrected chi connectivity index (χ3v) is 4.61. The second-order valence-corrected chi connectivity index (χ2v) is 5.68. The van der Waals surface area contributed by atoms with Crippen LogP contribution in [0, 0.1) is 5.92 Å². The van der Waals surface area contributed by atoms with Gasteiger partial charge in [0, 0.05) is 6.54 Å². The average molecular weight is 246 g/mol. The molecule has 98 valence electrons. The van der Waals surface area contributed by atoms with Crippen LogP contribution in [0.3, 0.4) is 0 Å². The van der Waals surface area contributed by atoms with Crippen LogP contribution in [0.5, 0.6) is 0 Å². The van der Waals surface area contributed by atoms with E-state index >= 15 is 0 Å². The van der Waals surface area contributed by atoms with Gasteiger partial charge in [0.25, 0.3) is 0 Å². The molecule has 2 aliphatic heterocycles. The Labute approximate surface area is 109 Å². The number of benzene rings is 1. The van der Waals surface area contributed by atoms with Crippen molar-refractivity contribution in [2.24, 2.45) is 5.92 Å².